The molecule has 0 aliphatic rings. The molecule has 0 saturated carbocycles. The fourth-order valence-corrected chi connectivity index (χ4v) is 6.93. The molecule has 4 rings (SSSR count). The Morgan fingerprint density at radius 2 is 0.929 bits per heavy atom. The van der Waals surface area contributed by atoms with Crippen molar-refractivity contribution in [2.45, 2.75) is 39.5 Å². The van der Waals surface area contributed by atoms with Crippen LogP contribution in [0.4, 0.5) is 0 Å². The van der Waals surface area contributed by atoms with Crippen LogP contribution in [-0.4, -0.2) is 78.0 Å². The lowest BCUT2D eigenvalue weighted by Crippen LogP contribution is -2.13. The van der Waals surface area contributed by atoms with Gasteiger partial charge in [0.25, 0.3) is 0 Å². The maximum absolute atomic E-state index is 12.6. The highest BCUT2D eigenvalue weighted by atomic mass is 32.1. The van der Waals surface area contributed by atoms with Crippen molar-refractivity contribution in [3.8, 4) is 0 Å². The van der Waals surface area contributed by atoms with E-state index >= 15 is 0 Å². The molecule has 42 heavy (non-hydrogen) atoms. The number of thiophene rings is 2. The number of unbranched alkanes of at least 4 members (excludes halogenated alkanes) is 2. The predicted octanol–water partition coefficient (Wildman–Crippen LogP) is 7.25. The van der Waals surface area contributed by atoms with Gasteiger partial charge in [0.1, 0.15) is 13.2 Å². The minimum Gasteiger partial charge on any atom is -0.460 e. The Labute approximate surface area is 254 Å². The van der Waals surface area contributed by atoms with Crippen LogP contribution in [0.2, 0.25) is 0 Å². The minimum atomic E-state index is -0.366. The van der Waals surface area contributed by atoms with Gasteiger partial charge >= 0.3 is 11.9 Å². The molecule has 0 atom stereocenters. The van der Waals surface area contributed by atoms with Gasteiger partial charge in [-0.05, 0) is 37.1 Å². The second-order valence-corrected chi connectivity index (χ2v) is 11.8. The normalized spacial score (nSPS) is 11.6. The summed E-state index contributed by atoms with van der Waals surface area (Å²) in [6.07, 6.45) is 4.31. The third-order valence-electron chi connectivity index (χ3n) is 6.50. The number of hydrogen-bond acceptors (Lipinski definition) is 10. The van der Waals surface area contributed by atoms with Crippen molar-refractivity contribution in [2.24, 2.45) is 0 Å². The number of carbonyl (C=O) groups excluding carboxylic acids is 2. The fourth-order valence-electron chi connectivity index (χ4n) is 4.20. The third-order valence-corrected chi connectivity index (χ3v) is 9.01. The Morgan fingerprint density at radius 1 is 0.548 bits per heavy atom. The molecule has 228 valence electrons. The first kappa shape index (κ1) is 32.3. The van der Waals surface area contributed by atoms with Crippen LogP contribution < -0.4 is 0 Å². The lowest BCUT2D eigenvalue weighted by molar-refractivity contribution is 0.0140. The van der Waals surface area contributed by atoms with Crippen molar-refractivity contribution >= 4 is 64.2 Å². The van der Waals surface area contributed by atoms with Crippen molar-refractivity contribution in [2.75, 3.05) is 66.1 Å². The van der Waals surface area contributed by atoms with E-state index in [0.29, 0.717) is 50.8 Å². The van der Waals surface area contributed by atoms with Crippen LogP contribution in [0.25, 0.3) is 29.6 Å². The van der Waals surface area contributed by atoms with Crippen molar-refractivity contribution in [1.82, 2.24) is 0 Å². The summed E-state index contributed by atoms with van der Waals surface area (Å²) in [5.74, 6) is -0.731. The van der Waals surface area contributed by atoms with Gasteiger partial charge < -0.3 is 28.4 Å². The van der Waals surface area contributed by atoms with Gasteiger partial charge in [-0.25, -0.2) is 9.59 Å². The van der Waals surface area contributed by atoms with E-state index in [1.54, 1.807) is 34.8 Å². The molecule has 0 aliphatic carbocycles. The second kappa shape index (κ2) is 17.5. The molecule has 0 amide bonds. The predicted molar refractivity (Wildman–Crippen MR) is 168 cm³/mol. The molecule has 0 unspecified atom stereocenters. The summed E-state index contributed by atoms with van der Waals surface area (Å²) in [5, 5.41) is 2.17. The van der Waals surface area contributed by atoms with Gasteiger partial charge in [-0.1, -0.05) is 38.8 Å². The topological polar surface area (TPSA) is 89.5 Å². The van der Waals surface area contributed by atoms with Crippen LogP contribution in [0.15, 0.2) is 36.4 Å². The highest BCUT2D eigenvalue weighted by molar-refractivity contribution is 7.36. The third kappa shape index (κ3) is 9.20. The number of ether oxygens (including phenoxy) is 6. The Kier molecular flexibility index (Phi) is 13.5. The molecule has 8 nitrogen and oxygen atoms in total. The van der Waals surface area contributed by atoms with Crippen LogP contribution in [0.3, 0.4) is 0 Å². The standard InChI is InChI=1S/C32H40O8S2/c1-3-5-11-35-13-15-37-17-19-39-31(33)23-7-9-25-27(21-23)41-30-26-10-8-24(22-28(26)42-29(25)30)32(34)40-20-18-38-16-14-36-12-6-4-2/h7-10,21-22H,3-6,11-20H2,1-2H3. The SMILES string of the molecule is CCCCOCCOCCOC(=O)c1ccc2c(c1)sc1c3ccc(C(=O)OCCOCCOCCCC)cc3sc21. The van der Waals surface area contributed by atoms with Crippen molar-refractivity contribution in [1.29, 1.82) is 0 Å². The molecule has 0 N–H and O–H groups in total. The zero-order valence-corrected chi connectivity index (χ0v) is 26.1. The zero-order valence-electron chi connectivity index (χ0n) is 24.4. The molecule has 4 aromatic rings. The van der Waals surface area contributed by atoms with E-state index in [0.717, 1.165) is 68.5 Å². The van der Waals surface area contributed by atoms with Gasteiger partial charge in [0, 0.05) is 33.4 Å². The van der Waals surface area contributed by atoms with Crippen LogP contribution in [0.5, 0.6) is 0 Å². The number of rotatable bonds is 20. The highest BCUT2D eigenvalue weighted by Gasteiger charge is 2.17. The molecule has 0 spiro atoms. The van der Waals surface area contributed by atoms with E-state index < -0.39 is 0 Å². The molecule has 2 heterocycles. The van der Waals surface area contributed by atoms with Gasteiger partial charge in [-0.15, -0.1) is 22.7 Å². The number of esters is 2. The summed E-state index contributed by atoms with van der Waals surface area (Å²) in [7, 11) is 0. The maximum atomic E-state index is 12.6. The molecule has 2 aromatic carbocycles. The number of hydrogen-bond donors (Lipinski definition) is 0. The van der Waals surface area contributed by atoms with Gasteiger partial charge in [0.05, 0.1) is 60.2 Å². The lowest BCUT2D eigenvalue weighted by atomic mass is 10.1. The summed E-state index contributed by atoms with van der Waals surface area (Å²) >= 11 is 3.27. The van der Waals surface area contributed by atoms with Gasteiger partial charge in [0.2, 0.25) is 0 Å². The smallest absolute Gasteiger partial charge is 0.338 e. The molecule has 0 saturated heterocycles. The first-order chi connectivity index (χ1) is 20.6. The minimum absolute atomic E-state index is 0.196. The Morgan fingerprint density at radius 3 is 1.33 bits per heavy atom. The molecule has 10 heteroatoms. The van der Waals surface area contributed by atoms with E-state index in [2.05, 4.69) is 13.8 Å². The summed E-state index contributed by atoms with van der Waals surface area (Å²) < 4.78 is 37.0. The van der Waals surface area contributed by atoms with E-state index in [1.807, 2.05) is 24.3 Å². The quantitative estimate of drug-likeness (QED) is 0.0758. The van der Waals surface area contributed by atoms with Crippen LogP contribution >= 0.6 is 22.7 Å². The largest absolute Gasteiger partial charge is 0.460 e. The second-order valence-electron chi connectivity index (χ2n) is 9.71. The van der Waals surface area contributed by atoms with E-state index in [4.69, 9.17) is 28.4 Å². The highest BCUT2D eigenvalue weighted by Crippen LogP contribution is 2.44. The molecular weight excluding hydrogens is 576 g/mol. The molecule has 0 fully saturated rings. The number of benzene rings is 2. The Hall–Kier alpha value is -2.60. The molecular formula is C32H40O8S2. The molecule has 2 aromatic heterocycles. The average Bonchev–Trinajstić information content (AvgIpc) is 3.54. The summed E-state index contributed by atoms with van der Waals surface area (Å²) in [5.41, 5.74) is 1.03. The van der Waals surface area contributed by atoms with Crippen molar-refractivity contribution in [3.63, 3.8) is 0 Å². The molecule has 0 bridgehead atoms. The summed E-state index contributed by atoms with van der Waals surface area (Å²) in [6.45, 7) is 8.87. The maximum Gasteiger partial charge on any atom is 0.338 e. The monoisotopic (exact) mass is 616 g/mol. The van der Waals surface area contributed by atoms with E-state index in [-0.39, 0.29) is 25.2 Å². The zero-order chi connectivity index (χ0) is 29.6. The van der Waals surface area contributed by atoms with Gasteiger partial charge in [0.15, 0.2) is 0 Å². The van der Waals surface area contributed by atoms with Crippen molar-refractivity contribution < 1.29 is 38.0 Å². The first-order valence-corrected chi connectivity index (χ1v) is 16.3. The van der Waals surface area contributed by atoms with Crippen LogP contribution in [-0.2, 0) is 28.4 Å². The fraction of sp³-hybridized carbons (Fsp3) is 0.500. The van der Waals surface area contributed by atoms with E-state index in [9.17, 15) is 9.59 Å². The van der Waals surface area contributed by atoms with Crippen LogP contribution in [0.1, 0.15) is 60.2 Å². The number of carbonyl (C=O) groups is 2. The Bertz CT molecular complexity index is 1320. The summed E-state index contributed by atoms with van der Waals surface area (Å²) in [6, 6.07) is 11.3. The van der Waals surface area contributed by atoms with Gasteiger partial charge in [-0.2, -0.15) is 0 Å². The first-order valence-electron chi connectivity index (χ1n) is 14.7. The van der Waals surface area contributed by atoms with E-state index in [1.165, 1.54) is 0 Å². The van der Waals surface area contributed by atoms with Gasteiger partial charge in [-0.3, -0.25) is 0 Å². The number of fused-ring (bicyclic) bond motifs is 5. The molecule has 0 radical (unpaired) electrons. The summed E-state index contributed by atoms with van der Waals surface area (Å²) in [4.78, 5) is 25.2. The lowest BCUT2D eigenvalue weighted by Gasteiger charge is -2.07. The molecule has 0 aliphatic heterocycles. The van der Waals surface area contributed by atoms with Crippen LogP contribution in [0, 0.1) is 0 Å². The van der Waals surface area contributed by atoms with Crippen molar-refractivity contribution in [3.05, 3.63) is 47.5 Å². The Balaban J connectivity index is 1.26. The average molecular weight is 617 g/mol.